The lowest BCUT2D eigenvalue weighted by atomic mass is 10.1. The Labute approximate surface area is 163 Å². The molecule has 0 bridgehead atoms. The van der Waals surface area contributed by atoms with Crippen molar-refractivity contribution in [3.63, 3.8) is 0 Å². The number of hydrogen-bond donors (Lipinski definition) is 1. The predicted octanol–water partition coefficient (Wildman–Crippen LogP) is 3.89. The number of rotatable bonds is 5. The van der Waals surface area contributed by atoms with Crippen LogP contribution in [0.3, 0.4) is 0 Å². The topological polar surface area (TPSA) is 76.1 Å². The summed E-state index contributed by atoms with van der Waals surface area (Å²) in [5.41, 5.74) is 0.846. The van der Waals surface area contributed by atoms with E-state index >= 15 is 0 Å². The standard InChI is InChI=1S/C16H13Cl3N2O3S/c1-9-13(11(22)8-16(17,18)19)21-15(25-9)14(24)20-12(23)7-10-5-3-2-4-6-10/h2-6H,7-8H2,1H3,(H,20,23,24). The third kappa shape index (κ3) is 6.08. The van der Waals surface area contributed by atoms with Crippen LogP contribution in [-0.4, -0.2) is 26.4 Å². The zero-order chi connectivity index (χ0) is 18.6. The van der Waals surface area contributed by atoms with Gasteiger partial charge in [0.2, 0.25) is 5.91 Å². The maximum Gasteiger partial charge on any atom is 0.286 e. The fourth-order valence-electron chi connectivity index (χ4n) is 2.02. The number of nitrogens with one attached hydrogen (secondary N) is 1. The van der Waals surface area contributed by atoms with E-state index in [0.717, 1.165) is 16.9 Å². The van der Waals surface area contributed by atoms with Crippen LogP contribution in [0, 0.1) is 6.92 Å². The maximum atomic E-state index is 12.1. The highest BCUT2D eigenvalue weighted by Gasteiger charge is 2.28. The van der Waals surface area contributed by atoms with Gasteiger partial charge in [0.05, 0.1) is 12.8 Å². The van der Waals surface area contributed by atoms with Gasteiger partial charge in [-0.3, -0.25) is 19.7 Å². The molecule has 0 radical (unpaired) electrons. The SMILES string of the molecule is Cc1sc(C(=O)NC(=O)Cc2ccccc2)nc1C(=O)CC(Cl)(Cl)Cl. The second-order valence-corrected chi connectivity index (χ2v) is 8.90. The molecule has 2 aromatic rings. The Kier molecular flexibility index (Phi) is 6.57. The molecule has 0 unspecified atom stereocenters. The van der Waals surface area contributed by atoms with Crippen LogP contribution in [0.1, 0.15) is 37.2 Å². The summed E-state index contributed by atoms with van der Waals surface area (Å²) in [6.07, 6.45) is -0.285. The summed E-state index contributed by atoms with van der Waals surface area (Å²) in [5, 5.41) is 2.26. The lowest BCUT2D eigenvalue weighted by molar-refractivity contribution is -0.119. The average Bonchev–Trinajstić information content (AvgIpc) is 2.88. The minimum atomic E-state index is -1.73. The summed E-state index contributed by atoms with van der Waals surface area (Å²) in [5.74, 6) is -1.61. The molecule has 0 aliphatic heterocycles. The molecule has 0 aliphatic rings. The lowest BCUT2D eigenvalue weighted by Crippen LogP contribution is -2.31. The van der Waals surface area contributed by atoms with Crippen molar-refractivity contribution >= 4 is 63.7 Å². The van der Waals surface area contributed by atoms with Crippen molar-refractivity contribution in [1.29, 1.82) is 0 Å². The van der Waals surface area contributed by atoms with Crippen molar-refractivity contribution in [3.8, 4) is 0 Å². The minimum absolute atomic E-state index is 0.00609. The Hall–Kier alpha value is -1.47. The number of carbonyl (C=O) groups is 3. The smallest absolute Gasteiger partial charge is 0.286 e. The number of imide groups is 1. The van der Waals surface area contributed by atoms with Gasteiger partial charge in [-0.2, -0.15) is 0 Å². The Morgan fingerprint density at radius 3 is 2.40 bits per heavy atom. The van der Waals surface area contributed by atoms with Gasteiger partial charge in [0.25, 0.3) is 5.91 Å². The highest BCUT2D eigenvalue weighted by Crippen LogP contribution is 2.32. The van der Waals surface area contributed by atoms with E-state index in [9.17, 15) is 14.4 Å². The van der Waals surface area contributed by atoms with Crippen LogP contribution < -0.4 is 5.32 Å². The molecule has 1 aromatic carbocycles. The molecule has 1 N–H and O–H groups in total. The summed E-state index contributed by atoms with van der Waals surface area (Å²) in [6, 6.07) is 9.01. The molecule has 2 rings (SSSR count). The lowest BCUT2D eigenvalue weighted by Gasteiger charge is -2.07. The van der Waals surface area contributed by atoms with Gasteiger partial charge in [-0.05, 0) is 12.5 Å². The van der Waals surface area contributed by atoms with Gasteiger partial charge < -0.3 is 0 Å². The van der Waals surface area contributed by atoms with E-state index in [1.165, 1.54) is 0 Å². The number of nitrogens with zero attached hydrogens (tertiary/aromatic N) is 1. The number of halogens is 3. The van der Waals surface area contributed by atoms with Gasteiger partial charge in [0, 0.05) is 4.88 Å². The van der Waals surface area contributed by atoms with Gasteiger partial charge in [-0.25, -0.2) is 4.98 Å². The third-order valence-corrected chi connectivity index (χ3v) is 4.45. The van der Waals surface area contributed by atoms with Crippen LogP contribution in [-0.2, 0) is 11.2 Å². The molecule has 25 heavy (non-hydrogen) atoms. The number of aryl methyl sites for hydroxylation is 1. The van der Waals surface area contributed by atoms with E-state index in [0.29, 0.717) is 4.88 Å². The molecule has 0 saturated carbocycles. The number of Topliss-reactive ketones (excluding diaryl/α,β-unsaturated/α-hetero) is 1. The van der Waals surface area contributed by atoms with Gasteiger partial charge in [0.1, 0.15) is 5.69 Å². The number of ketones is 1. The molecule has 0 aliphatic carbocycles. The number of thiazole rings is 1. The van der Waals surface area contributed by atoms with Gasteiger partial charge in [-0.15, -0.1) is 11.3 Å². The quantitative estimate of drug-likeness (QED) is 0.589. The molecule has 9 heteroatoms. The van der Waals surface area contributed by atoms with Crippen LogP contribution >= 0.6 is 46.1 Å². The summed E-state index contributed by atoms with van der Waals surface area (Å²) in [7, 11) is 0. The van der Waals surface area contributed by atoms with Crippen LogP contribution in [0.4, 0.5) is 0 Å². The third-order valence-electron chi connectivity index (χ3n) is 3.08. The summed E-state index contributed by atoms with van der Waals surface area (Å²) < 4.78 is -1.73. The highest BCUT2D eigenvalue weighted by molar-refractivity contribution is 7.13. The van der Waals surface area contributed by atoms with E-state index in [-0.39, 0.29) is 23.5 Å². The summed E-state index contributed by atoms with van der Waals surface area (Å²) in [6.45, 7) is 1.63. The Bertz CT molecular complexity index is 801. The van der Waals surface area contributed by atoms with E-state index in [4.69, 9.17) is 34.8 Å². The van der Waals surface area contributed by atoms with Crippen LogP contribution in [0.25, 0.3) is 0 Å². The number of alkyl halides is 3. The molecular formula is C16H13Cl3N2O3S. The Morgan fingerprint density at radius 2 is 1.80 bits per heavy atom. The summed E-state index contributed by atoms with van der Waals surface area (Å²) in [4.78, 5) is 40.6. The zero-order valence-electron chi connectivity index (χ0n) is 13.0. The molecule has 2 amide bonds. The van der Waals surface area contributed by atoms with E-state index < -0.39 is 21.4 Å². The monoisotopic (exact) mass is 418 g/mol. The highest BCUT2D eigenvalue weighted by atomic mass is 35.6. The second-order valence-electron chi connectivity index (χ2n) is 5.18. The number of carbonyl (C=O) groups excluding carboxylic acids is 3. The number of hydrogen-bond acceptors (Lipinski definition) is 5. The van der Waals surface area contributed by atoms with Crippen molar-refractivity contribution in [1.82, 2.24) is 10.3 Å². The van der Waals surface area contributed by atoms with E-state index in [2.05, 4.69) is 10.3 Å². The first-order valence-corrected chi connectivity index (χ1v) is 9.06. The van der Waals surface area contributed by atoms with Crippen molar-refractivity contribution in [3.05, 3.63) is 51.5 Å². The van der Waals surface area contributed by atoms with Gasteiger partial charge >= 0.3 is 0 Å². The minimum Gasteiger partial charge on any atom is -0.292 e. The maximum absolute atomic E-state index is 12.1. The molecule has 5 nitrogen and oxygen atoms in total. The largest absolute Gasteiger partial charge is 0.292 e. The van der Waals surface area contributed by atoms with Crippen molar-refractivity contribution in [2.75, 3.05) is 0 Å². The van der Waals surface area contributed by atoms with Crippen molar-refractivity contribution in [2.24, 2.45) is 0 Å². The zero-order valence-corrected chi connectivity index (χ0v) is 16.1. The van der Waals surface area contributed by atoms with Crippen LogP contribution in [0.2, 0.25) is 0 Å². The molecule has 1 heterocycles. The fraction of sp³-hybridized carbons (Fsp3) is 0.250. The number of amides is 2. The first kappa shape index (κ1) is 19.8. The molecule has 1 aromatic heterocycles. The van der Waals surface area contributed by atoms with Crippen molar-refractivity contribution < 1.29 is 14.4 Å². The van der Waals surface area contributed by atoms with Crippen LogP contribution in [0.15, 0.2) is 30.3 Å². The molecule has 0 fully saturated rings. The summed E-state index contributed by atoms with van der Waals surface area (Å²) >= 11 is 17.8. The first-order valence-electron chi connectivity index (χ1n) is 7.11. The number of aromatic nitrogens is 1. The number of benzene rings is 1. The van der Waals surface area contributed by atoms with E-state index in [1.807, 2.05) is 6.07 Å². The Morgan fingerprint density at radius 1 is 1.16 bits per heavy atom. The molecular weight excluding hydrogens is 407 g/mol. The average molecular weight is 420 g/mol. The van der Waals surface area contributed by atoms with Crippen molar-refractivity contribution in [2.45, 2.75) is 23.6 Å². The second kappa shape index (κ2) is 8.27. The molecule has 0 atom stereocenters. The predicted molar refractivity (Wildman–Crippen MR) is 98.7 cm³/mol. The molecule has 0 saturated heterocycles. The normalized spacial score (nSPS) is 11.2. The van der Waals surface area contributed by atoms with Crippen LogP contribution in [0.5, 0.6) is 0 Å². The van der Waals surface area contributed by atoms with Gasteiger partial charge in [0.15, 0.2) is 14.6 Å². The Balaban J connectivity index is 2.04. The fourth-order valence-corrected chi connectivity index (χ4v) is 3.21. The first-order chi connectivity index (χ1) is 11.7. The van der Waals surface area contributed by atoms with E-state index in [1.54, 1.807) is 31.2 Å². The molecule has 0 spiro atoms. The molecule has 132 valence electrons. The van der Waals surface area contributed by atoms with Gasteiger partial charge in [-0.1, -0.05) is 65.1 Å².